The third-order valence-corrected chi connectivity index (χ3v) is 4.48. The highest BCUT2D eigenvalue weighted by Gasteiger charge is 2.24. The normalized spacial score (nSPS) is 25.1. The molecule has 16 heavy (non-hydrogen) atoms. The van der Waals surface area contributed by atoms with Crippen LogP contribution in [0.4, 0.5) is 4.39 Å². The second-order valence-corrected chi connectivity index (χ2v) is 6.16. The van der Waals surface area contributed by atoms with E-state index in [1.807, 2.05) is 19.9 Å². The standard InChI is InChI=1S/C14H18BrF/c1-8-4-5-11-7-9(2)14(16)10(3)13(11)12(15)6-8/h7-8,12H,4-6H2,1-3H3. The summed E-state index contributed by atoms with van der Waals surface area (Å²) in [5.41, 5.74) is 4.16. The number of hydrogen-bond acceptors (Lipinski definition) is 0. The van der Waals surface area contributed by atoms with E-state index in [-0.39, 0.29) is 5.82 Å². The van der Waals surface area contributed by atoms with Gasteiger partial charge in [-0.2, -0.15) is 0 Å². The fraction of sp³-hybridized carbons (Fsp3) is 0.571. The first-order valence-corrected chi connectivity index (χ1v) is 6.84. The number of hydrogen-bond donors (Lipinski definition) is 0. The molecular formula is C14H18BrF. The maximum absolute atomic E-state index is 13.9. The summed E-state index contributed by atoms with van der Waals surface area (Å²) in [6.45, 7) is 6.05. The highest BCUT2D eigenvalue weighted by molar-refractivity contribution is 9.09. The van der Waals surface area contributed by atoms with Crippen molar-refractivity contribution in [3.63, 3.8) is 0 Å². The molecule has 1 aromatic rings. The van der Waals surface area contributed by atoms with E-state index < -0.39 is 0 Å². The van der Waals surface area contributed by atoms with Crippen molar-refractivity contribution in [3.05, 3.63) is 34.1 Å². The zero-order valence-electron chi connectivity index (χ0n) is 10.1. The van der Waals surface area contributed by atoms with Gasteiger partial charge in [0.15, 0.2) is 0 Å². The van der Waals surface area contributed by atoms with Crippen LogP contribution in [-0.4, -0.2) is 0 Å². The van der Waals surface area contributed by atoms with Crippen LogP contribution in [0.5, 0.6) is 0 Å². The second-order valence-electron chi connectivity index (χ2n) is 5.05. The number of rotatable bonds is 0. The zero-order valence-corrected chi connectivity index (χ0v) is 11.7. The Morgan fingerprint density at radius 2 is 2.06 bits per heavy atom. The molecule has 1 aliphatic carbocycles. The fourth-order valence-electron chi connectivity index (χ4n) is 2.69. The van der Waals surface area contributed by atoms with Crippen LogP contribution in [0.3, 0.4) is 0 Å². The Morgan fingerprint density at radius 1 is 1.38 bits per heavy atom. The zero-order chi connectivity index (χ0) is 11.9. The average molecular weight is 285 g/mol. The van der Waals surface area contributed by atoms with Gasteiger partial charge < -0.3 is 0 Å². The van der Waals surface area contributed by atoms with Crippen LogP contribution in [0.2, 0.25) is 0 Å². The minimum absolute atomic E-state index is 0.0299. The topological polar surface area (TPSA) is 0 Å². The molecule has 2 atom stereocenters. The first kappa shape index (κ1) is 12.1. The Bertz CT molecular complexity index is 412. The lowest BCUT2D eigenvalue weighted by Crippen LogP contribution is -2.02. The molecule has 0 saturated carbocycles. The molecule has 0 saturated heterocycles. The Hall–Kier alpha value is -0.370. The van der Waals surface area contributed by atoms with Gasteiger partial charge in [0.1, 0.15) is 5.82 Å². The number of fused-ring (bicyclic) bond motifs is 1. The molecule has 0 bridgehead atoms. The molecule has 0 nitrogen and oxygen atoms in total. The number of aryl methyl sites for hydroxylation is 2. The van der Waals surface area contributed by atoms with Gasteiger partial charge in [0.05, 0.1) is 0 Å². The van der Waals surface area contributed by atoms with Crippen molar-refractivity contribution in [1.82, 2.24) is 0 Å². The summed E-state index contributed by atoms with van der Waals surface area (Å²) in [6.07, 6.45) is 3.40. The van der Waals surface area contributed by atoms with Gasteiger partial charge in [0, 0.05) is 4.83 Å². The van der Waals surface area contributed by atoms with Gasteiger partial charge in [0.2, 0.25) is 0 Å². The summed E-state index contributed by atoms with van der Waals surface area (Å²) in [5, 5.41) is 0. The third kappa shape index (κ3) is 2.04. The lowest BCUT2D eigenvalue weighted by molar-refractivity contribution is 0.508. The van der Waals surface area contributed by atoms with Crippen molar-refractivity contribution in [2.75, 3.05) is 0 Å². The Morgan fingerprint density at radius 3 is 2.75 bits per heavy atom. The highest BCUT2D eigenvalue weighted by atomic mass is 79.9. The number of alkyl halides is 1. The van der Waals surface area contributed by atoms with Crippen LogP contribution in [0.15, 0.2) is 6.07 Å². The van der Waals surface area contributed by atoms with E-state index in [4.69, 9.17) is 0 Å². The van der Waals surface area contributed by atoms with Gasteiger partial charge >= 0.3 is 0 Å². The molecule has 0 fully saturated rings. The summed E-state index contributed by atoms with van der Waals surface area (Å²) in [6, 6.07) is 2.03. The first-order valence-electron chi connectivity index (χ1n) is 5.93. The van der Waals surface area contributed by atoms with Gasteiger partial charge in [-0.15, -0.1) is 0 Å². The van der Waals surface area contributed by atoms with Crippen molar-refractivity contribution in [2.24, 2.45) is 5.92 Å². The smallest absolute Gasteiger partial charge is 0.129 e. The molecule has 2 rings (SSSR count). The van der Waals surface area contributed by atoms with E-state index in [1.54, 1.807) is 0 Å². The minimum Gasteiger partial charge on any atom is -0.206 e. The van der Waals surface area contributed by atoms with Crippen LogP contribution in [-0.2, 0) is 6.42 Å². The van der Waals surface area contributed by atoms with Crippen molar-refractivity contribution < 1.29 is 4.39 Å². The Labute approximate surface area is 105 Å². The van der Waals surface area contributed by atoms with Crippen LogP contribution >= 0.6 is 15.9 Å². The van der Waals surface area contributed by atoms with E-state index in [0.717, 1.165) is 24.0 Å². The minimum atomic E-state index is -0.0299. The number of benzene rings is 1. The van der Waals surface area contributed by atoms with Crippen molar-refractivity contribution in [3.8, 4) is 0 Å². The predicted molar refractivity (Wildman–Crippen MR) is 69.6 cm³/mol. The summed E-state index contributed by atoms with van der Waals surface area (Å²) < 4.78 is 13.9. The van der Waals surface area contributed by atoms with Crippen molar-refractivity contribution in [1.29, 1.82) is 0 Å². The largest absolute Gasteiger partial charge is 0.206 e. The molecule has 0 spiro atoms. The van der Waals surface area contributed by atoms with Gasteiger partial charge in [-0.05, 0) is 61.3 Å². The average Bonchev–Trinajstić information content (AvgIpc) is 2.35. The van der Waals surface area contributed by atoms with E-state index in [9.17, 15) is 4.39 Å². The fourth-order valence-corrected chi connectivity index (χ4v) is 3.97. The molecule has 88 valence electrons. The quantitative estimate of drug-likeness (QED) is 0.472. The molecule has 0 heterocycles. The van der Waals surface area contributed by atoms with Crippen LogP contribution in [0.25, 0.3) is 0 Å². The molecule has 2 heteroatoms. The summed E-state index contributed by atoms with van der Waals surface area (Å²) in [7, 11) is 0. The van der Waals surface area contributed by atoms with Crippen molar-refractivity contribution >= 4 is 15.9 Å². The van der Waals surface area contributed by atoms with Gasteiger partial charge in [-0.1, -0.05) is 28.9 Å². The maximum atomic E-state index is 13.9. The molecule has 1 aliphatic rings. The molecule has 0 N–H and O–H groups in total. The summed E-state index contributed by atoms with van der Waals surface area (Å²) >= 11 is 3.72. The van der Waals surface area contributed by atoms with Crippen LogP contribution in [0, 0.1) is 25.6 Å². The molecule has 1 aromatic carbocycles. The molecule has 0 aliphatic heterocycles. The molecule has 2 unspecified atom stereocenters. The lowest BCUT2D eigenvalue weighted by atomic mass is 9.95. The Kier molecular flexibility index (Phi) is 3.39. The first-order chi connectivity index (χ1) is 7.50. The lowest BCUT2D eigenvalue weighted by Gasteiger charge is -2.17. The summed E-state index contributed by atoms with van der Waals surface area (Å²) in [4.78, 5) is 0.315. The summed E-state index contributed by atoms with van der Waals surface area (Å²) in [5.74, 6) is 0.678. The maximum Gasteiger partial charge on any atom is 0.129 e. The van der Waals surface area contributed by atoms with E-state index in [1.165, 1.54) is 17.5 Å². The van der Waals surface area contributed by atoms with Crippen LogP contribution < -0.4 is 0 Å². The second kappa shape index (κ2) is 4.48. The molecule has 0 radical (unpaired) electrons. The number of halogens is 2. The van der Waals surface area contributed by atoms with Crippen molar-refractivity contribution in [2.45, 2.75) is 44.9 Å². The monoisotopic (exact) mass is 284 g/mol. The SMILES string of the molecule is Cc1cc2c(c(C)c1F)C(Br)CC(C)CC2. The molecular weight excluding hydrogens is 267 g/mol. The van der Waals surface area contributed by atoms with Gasteiger partial charge in [0.25, 0.3) is 0 Å². The molecule has 0 aromatic heterocycles. The van der Waals surface area contributed by atoms with E-state index in [0.29, 0.717) is 10.7 Å². The van der Waals surface area contributed by atoms with Crippen LogP contribution in [0.1, 0.15) is 46.8 Å². The van der Waals surface area contributed by atoms with E-state index >= 15 is 0 Å². The van der Waals surface area contributed by atoms with E-state index in [2.05, 4.69) is 22.9 Å². The van der Waals surface area contributed by atoms with Gasteiger partial charge in [-0.25, -0.2) is 4.39 Å². The van der Waals surface area contributed by atoms with Gasteiger partial charge in [-0.3, -0.25) is 0 Å². The molecule has 0 amide bonds. The Balaban J connectivity index is 2.56. The predicted octanol–water partition coefficient (Wildman–Crippen LogP) is 4.85. The highest BCUT2D eigenvalue weighted by Crippen LogP contribution is 2.40. The third-order valence-electron chi connectivity index (χ3n) is 3.65.